The van der Waals surface area contributed by atoms with E-state index in [2.05, 4.69) is 10.4 Å². The second-order valence-electron chi connectivity index (χ2n) is 8.11. The summed E-state index contributed by atoms with van der Waals surface area (Å²) >= 11 is 1.30. The molecule has 4 aromatic rings. The summed E-state index contributed by atoms with van der Waals surface area (Å²) in [6.07, 6.45) is 5.34. The van der Waals surface area contributed by atoms with Crippen LogP contribution in [0.15, 0.2) is 87.3 Å². The van der Waals surface area contributed by atoms with E-state index in [9.17, 15) is 18.0 Å². The summed E-state index contributed by atoms with van der Waals surface area (Å²) in [4.78, 5) is 29.6. The predicted octanol–water partition coefficient (Wildman–Crippen LogP) is 4.40. The third kappa shape index (κ3) is 4.73. The summed E-state index contributed by atoms with van der Waals surface area (Å²) in [6, 6.07) is 15.5. The molecule has 8 nitrogen and oxygen atoms in total. The molecule has 1 fully saturated rings. The van der Waals surface area contributed by atoms with E-state index in [1.165, 1.54) is 28.7 Å². The van der Waals surface area contributed by atoms with E-state index in [1.807, 2.05) is 19.1 Å². The first-order valence-corrected chi connectivity index (χ1v) is 13.6. The van der Waals surface area contributed by atoms with Gasteiger partial charge in [0, 0.05) is 17.1 Å². The highest BCUT2D eigenvalue weighted by molar-refractivity contribution is 7.90. The first kappa shape index (κ1) is 23.7. The lowest BCUT2D eigenvalue weighted by Crippen LogP contribution is -2.35. The molecular weight excluding hydrogens is 498 g/mol. The van der Waals surface area contributed by atoms with Gasteiger partial charge in [0.15, 0.2) is 9.84 Å². The Balaban J connectivity index is 1.33. The van der Waals surface area contributed by atoms with Crippen molar-refractivity contribution in [3.05, 3.63) is 94.3 Å². The number of thiazole rings is 1. The lowest BCUT2D eigenvalue weighted by atomic mass is 10.1. The minimum absolute atomic E-state index is 0.0425. The van der Waals surface area contributed by atoms with E-state index in [0.717, 1.165) is 17.5 Å². The fourth-order valence-corrected chi connectivity index (χ4v) is 6.02. The number of furan rings is 1. The van der Waals surface area contributed by atoms with Crippen molar-refractivity contribution in [3.8, 4) is 11.1 Å². The molecule has 0 spiro atoms. The first-order valence-electron chi connectivity index (χ1n) is 11.1. The number of aromatic nitrogens is 1. The van der Waals surface area contributed by atoms with E-state index in [1.54, 1.807) is 54.0 Å². The molecule has 1 aliphatic rings. The maximum absolute atomic E-state index is 12.9. The fraction of sp³-hybridized carbons (Fsp3) is 0.115. The number of hydrazine groups is 1. The molecule has 1 saturated heterocycles. The number of anilines is 1. The molecule has 0 aliphatic carbocycles. The van der Waals surface area contributed by atoms with Crippen molar-refractivity contribution >= 4 is 44.8 Å². The normalized spacial score (nSPS) is 15.0. The van der Waals surface area contributed by atoms with Crippen molar-refractivity contribution in [1.29, 1.82) is 0 Å². The molecule has 3 heterocycles. The smallest absolute Gasteiger partial charge is 0.282 e. The minimum Gasteiger partial charge on any atom is -0.464 e. The number of hydrogen-bond donors (Lipinski definition) is 1. The number of amides is 2. The van der Waals surface area contributed by atoms with Crippen LogP contribution in [0.5, 0.6) is 0 Å². The Bertz CT molecular complexity index is 1550. The van der Waals surface area contributed by atoms with Crippen LogP contribution >= 0.6 is 11.3 Å². The van der Waals surface area contributed by atoms with Crippen molar-refractivity contribution in [2.24, 2.45) is 0 Å². The second-order valence-corrected chi connectivity index (χ2v) is 11.1. The fourth-order valence-electron chi connectivity index (χ4n) is 3.77. The largest absolute Gasteiger partial charge is 0.464 e. The maximum Gasteiger partial charge on any atom is 0.282 e. The molecule has 2 amide bonds. The Labute approximate surface area is 211 Å². The average Bonchev–Trinajstić information content (AvgIpc) is 3.62. The van der Waals surface area contributed by atoms with Crippen LogP contribution < -0.4 is 10.4 Å². The van der Waals surface area contributed by atoms with Crippen LogP contribution in [0, 0.1) is 0 Å². The van der Waals surface area contributed by atoms with Crippen molar-refractivity contribution in [3.63, 3.8) is 0 Å². The highest BCUT2D eigenvalue weighted by atomic mass is 32.2. The second kappa shape index (κ2) is 9.56. The molecule has 0 unspecified atom stereocenters. The predicted molar refractivity (Wildman–Crippen MR) is 137 cm³/mol. The van der Waals surface area contributed by atoms with Crippen LogP contribution in [0.25, 0.3) is 17.2 Å². The number of carbonyl (C=O) groups is 2. The summed E-state index contributed by atoms with van der Waals surface area (Å²) in [5.74, 6) is -0.819. The van der Waals surface area contributed by atoms with Crippen LogP contribution in [-0.2, 0) is 31.6 Å². The standard InChI is InChI=1S/C26H21N3O5S2/c1-2-17-3-7-20(8-4-17)29-26(31)23(25(30)28-29)14-21-13-19(15-34-21)18-5-9-22(10-6-18)36(32,33)16-24-27-11-12-35-24/h3-15H,2,16H2,1H3,(H,28,30)/b23-14+. The number of aryl methyl sites for hydroxylation is 1. The van der Waals surface area contributed by atoms with Gasteiger partial charge in [0.2, 0.25) is 0 Å². The summed E-state index contributed by atoms with van der Waals surface area (Å²) in [7, 11) is -3.51. The molecule has 0 atom stereocenters. The van der Waals surface area contributed by atoms with Crippen molar-refractivity contribution in [1.82, 2.24) is 10.4 Å². The summed E-state index contributed by atoms with van der Waals surface area (Å²) in [5.41, 5.74) is 5.64. The van der Waals surface area contributed by atoms with E-state index in [4.69, 9.17) is 4.42 Å². The van der Waals surface area contributed by atoms with Gasteiger partial charge in [0.05, 0.1) is 16.8 Å². The SMILES string of the molecule is CCc1ccc(N2NC(=O)/C(=C\c3cc(-c4ccc(S(=O)(=O)Cc5nccs5)cc4)co3)C2=O)cc1. The van der Waals surface area contributed by atoms with E-state index >= 15 is 0 Å². The number of nitrogens with zero attached hydrogens (tertiary/aromatic N) is 2. The zero-order valence-electron chi connectivity index (χ0n) is 19.2. The molecule has 1 aliphatic heterocycles. The van der Waals surface area contributed by atoms with Gasteiger partial charge in [-0.05, 0) is 54.0 Å². The van der Waals surface area contributed by atoms with E-state index < -0.39 is 21.7 Å². The third-order valence-corrected chi connectivity index (χ3v) is 8.35. The lowest BCUT2D eigenvalue weighted by Gasteiger charge is -2.14. The number of benzene rings is 2. The van der Waals surface area contributed by atoms with Crippen molar-refractivity contribution < 1.29 is 22.4 Å². The van der Waals surface area contributed by atoms with Crippen LogP contribution in [0.4, 0.5) is 5.69 Å². The zero-order valence-corrected chi connectivity index (χ0v) is 20.8. The van der Waals surface area contributed by atoms with Crippen molar-refractivity contribution in [2.75, 3.05) is 5.01 Å². The number of rotatable bonds is 7. The van der Waals surface area contributed by atoms with Gasteiger partial charge in [-0.15, -0.1) is 11.3 Å². The monoisotopic (exact) mass is 519 g/mol. The number of nitrogens with one attached hydrogen (secondary N) is 1. The lowest BCUT2D eigenvalue weighted by molar-refractivity contribution is -0.117. The topological polar surface area (TPSA) is 110 Å². The quantitative estimate of drug-likeness (QED) is 0.286. The highest BCUT2D eigenvalue weighted by Gasteiger charge is 2.34. The number of carbonyl (C=O) groups excluding carboxylic acids is 2. The Morgan fingerprint density at radius 2 is 1.81 bits per heavy atom. The van der Waals surface area contributed by atoms with Gasteiger partial charge in [0.25, 0.3) is 11.8 Å². The van der Waals surface area contributed by atoms with Crippen LogP contribution in [-0.4, -0.2) is 25.2 Å². The van der Waals surface area contributed by atoms with Crippen LogP contribution in [0.2, 0.25) is 0 Å². The van der Waals surface area contributed by atoms with Crippen LogP contribution in [0.3, 0.4) is 0 Å². The summed E-state index contributed by atoms with van der Waals surface area (Å²) in [6.45, 7) is 2.04. The first-order chi connectivity index (χ1) is 17.3. The Hall–Kier alpha value is -4.02. The molecule has 2 aromatic carbocycles. The number of sulfone groups is 1. The van der Waals surface area contributed by atoms with Gasteiger partial charge in [0.1, 0.15) is 22.1 Å². The molecule has 0 saturated carbocycles. The molecule has 10 heteroatoms. The Morgan fingerprint density at radius 3 is 2.47 bits per heavy atom. The summed E-state index contributed by atoms with van der Waals surface area (Å²) in [5, 5.41) is 3.49. The molecule has 0 bridgehead atoms. The molecule has 0 radical (unpaired) electrons. The molecule has 1 N–H and O–H groups in total. The van der Waals surface area contributed by atoms with E-state index in [0.29, 0.717) is 22.0 Å². The van der Waals surface area contributed by atoms with Gasteiger partial charge in [-0.25, -0.2) is 18.4 Å². The van der Waals surface area contributed by atoms with Gasteiger partial charge >= 0.3 is 0 Å². The van der Waals surface area contributed by atoms with Gasteiger partial charge < -0.3 is 4.42 Å². The van der Waals surface area contributed by atoms with Gasteiger partial charge in [-0.2, -0.15) is 0 Å². The summed E-state index contributed by atoms with van der Waals surface area (Å²) < 4.78 is 30.8. The van der Waals surface area contributed by atoms with Crippen molar-refractivity contribution in [2.45, 2.75) is 24.0 Å². The average molecular weight is 520 g/mol. The zero-order chi connectivity index (χ0) is 25.3. The molecular formula is C26H21N3O5S2. The highest BCUT2D eigenvalue weighted by Crippen LogP contribution is 2.28. The maximum atomic E-state index is 12.9. The molecule has 5 rings (SSSR count). The minimum atomic E-state index is -3.51. The Morgan fingerprint density at radius 1 is 1.06 bits per heavy atom. The molecule has 182 valence electrons. The Kier molecular flexibility index (Phi) is 6.29. The van der Waals surface area contributed by atoms with E-state index in [-0.39, 0.29) is 16.2 Å². The molecule has 36 heavy (non-hydrogen) atoms. The molecule has 2 aromatic heterocycles. The third-order valence-electron chi connectivity index (χ3n) is 5.74. The van der Waals surface area contributed by atoms with Gasteiger partial charge in [-0.3, -0.25) is 15.0 Å². The van der Waals surface area contributed by atoms with Crippen LogP contribution in [0.1, 0.15) is 23.3 Å². The van der Waals surface area contributed by atoms with Gasteiger partial charge in [-0.1, -0.05) is 31.2 Å². The number of hydrogen-bond acceptors (Lipinski definition) is 7.